The van der Waals surface area contributed by atoms with Gasteiger partial charge >= 0.3 is 12.1 Å². The molecule has 0 bridgehead atoms. The molecule has 0 radical (unpaired) electrons. The van der Waals surface area contributed by atoms with Gasteiger partial charge in [0.05, 0.1) is 11.1 Å². The zero-order chi connectivity index (χ0) is 13.9. The lowest BCUT2D eigenvalue weighted by atomic mass is 10.3. The second-order valence-electron chi connectivity index (χ2n) is 3.76. The molecular weight excluding hydrogens is 271 g/mol. The highest BCUT2D eigenvalue weighted by atomic mass is 35.5. The Labute approximate surface area is 107 Å². The van der Waals surface area contributed by atoms with Crippen molar-refractivity contribution in [1.82, 2.24) is 0 Å². The number of ether oxygens (including phenoxy) is 1. The Hall–Kier alpha value is -1.43. The summed E-state index contributed by atoms with van der Waals surface area (Å²) in [6.45, 7) is 3.57. The lowest BCUT2D eigenvalue weighted by Crippen LogP contribution is -2.29. The predicted octanol–water partition coefficient (Wildman–Crippen LogP) is 3.63. The highest BCUT2D eigenvalue weighted by molar-refractivity contribution is 6.32. The van der Waals surface area contributed by atoms with E-state index in [1.807, 2.05) is 0 Å². The molecule has 0 fully saturated rings. The Morgan fingerprint density at radius 1 is 1.39 bits per heavy atom. The van der Waals surface area contributed by atoms with Crippen LogP contribution in [-0.4, -0.2) is 18.2 Å². The summed E-state index contributed by atoms with van der Waals surface area (Å²) in [5.41, 5.74) is -0.0431. The molecule has 0 atom stereocenters. The zero-order valence-electron chi connectivity index (χ0n) is 9.64. The number of anilines is 1. The first-order valence-corrected chi connectivity index (χ1v) is 5.42. The van der Waals surface area contributed by atoms with Crippen molar-refractivity contribution in [3.8, 4) is 5.75 Å². The quantitative estimate of drug-likeness (QED) is 0.919. The summed E-state index contributed by atoms with van der Waals surface area (Å²) in [4.78, 5) is 10.7. The number of carbonyl (C=O) groups is 1. The molecule has 1 aromatic rings. The Bertz CT molecular complexity index is 446. The maximum absolute atomic E-state index is 12.0. The molecule has 0 aromatic heterocycles. The van der Waals surface area contributed by atoms with Crippen LogP contribution in [0, 0.1) is 0 Å². The smallest absolute Gasteiger partial charge is 0.471 e. The molecular formula is C11H11ClF3NO2. The predicted molar refractivity (Wildman–Crippen MR) is 61.9 cm³/mol. The van der Waals surface area contributed by atoms with E-state index < -0.39 is 12.1 Å². The van der Waals surface area contributed by atoms with Crippen molar-refractivity contribution in [2.45, 2.75) is 26.1 Å². The molecule has 18 heavy (non-hydrogen) atoms. The molecule has 1 N–H and O–H groups in total. The Morgan fingerprint density at radius 3 is 2.44 bits per heavy atom. The lowest BCUT2D eigenvalue weighted by molar-refractivity contribution is -0.167. The largest absolute Gasteiger partial charge is 0.489 e. The number of hydrogen-bond acceptors (Lipinski definition) is 2. The number of hydrogen-bond donors (Lipinski definition) is 1. The maximum atomic E-state index is 12.0. The van der Waals surface area contributed by atoms with Gasteiger partial charge in [-0.05, 0) is 32.0 Å². The van der Waals surface area contributed by atoms with E-state index in [1.54, 1.807) is 19.2 Å². The van der Waals surface area contributed by atoms with Crippen LogP contribution >= 0.6 is 11.6 Å². The van der Waals surface area contributed by atoms with Crippen LogP contribution in [-0.2, 0) is 4.79 Å². The number of carbonyl (C=O) groups excluding carboxylic acids is 1. The minimum atomic E-state index is -4.93. The topological polar surface area (TPSA) is 38.3 Å². The van der Waals surface area contributed by atoms with Crippen LogP contribution in [0.5, 0.6) is 5.75 Å². The number of alkyl halides is 3. The first kappa shape index (κ1) is 14.6. The molecule has 1 aromatic carbocycles. The van der Waals surface area contributed by atoms with Crippen molar-refractivity contribution in [1.29, 1.82) is 0 Å². The number of halogens is 4. The second kappa shape index (κ2) is 5.48. The van der Waals surface area contributed by atoms with Crippen LogP contribution in [0.15, 0.2) is 18.2 Å². The average Bonchev–Trinajstić information content (AvgIpc) is 2.20. The van der Waals surface area contributed by atoms with Gasteiger partial charge in [0.15, 0.2) is 0 Å². The lowest BCUT2D eigenvalue weighted by Gasteiger charge is -2.13. The van der Waals surface area contributed by atoms with Gasteiger partial charge in [-0.2, -0.15) is 13.2 Å². The van der Waals surface area contributed by atoms with Gasteiger partial charge in [0, 0.05) is 5.69 Å². The Kier molecular flexibility index (Phi) is 4.45. The summed E-state index contributed by atoms with van der Waals surface area (Å²) in [6, 6.07) is 3.88. The van der Waals surface area contributed by atoms with Gasteiger partial charge in [0.25, 0.3) is 0 Å². The van der Waals surface area contributed by atoms with Gasteiger partial charge in [-0.15, -0.1) is 0 Å². The third kappa shape index (κ3) is 4.10. The third-order valence-corrected chi connectivity index (χ3v) is 2.11. The van der Waals surface area contributed by atoms with Crippen molar-refractivity contribution in [2.75, 3.05) is 5.32 Å². The number of amides is 1. The zero-order valence-corrected chi connectivity index (χ0v) is 10.4. The van der Waals surface area contributed by atoms with E-state index >= 15 is 0 Å². The fraction of sp³-hybridized carbons (Fsp3) is 0.364. The molecule has 0 aliphatic carbocycles. The maximum Gasteiger partial charge on any atom is 0.471 e. The molecule has 0 unspecified atom stereocenters. The minimum Gasteiger partial charge on any atom is -0.489 e. The molecule has 0 spiro atoms. The van der Waals surface area contributed by atoms with Gasteiger partial charge < -0.3 is 10.1 Å². The number of benzene rings is 1. The second-order valence-corrected chi connectivity index (χ2v) is 4.17. The number of rotatable bonds is 3. The van der Waals surface area contributed by atoms with Gasteiger partial charge in [0.2, 0.25) is 0 Å². The van der Waals surface area contributed by atoms with Crippen molar-refractivity contribution in [3.63, 3.8) is 0 Å². The molecule has 1 amide bonds. The molecule has 0 aliphatic heterocycles. The Morgan fingerprint density at radius 2 is 2.00 bits per heavy atom. The van der Waals surface area contributed by atoms with Crippen LogP contribution in [0.25, 0.3) is 0 Å². The molecule has 1 rings (SSSR count). The van der Waals surface area contributed by atoms with Crippen LogP contribution in [0.3, 0.4) is 0 Å². The fourth-order valence-corrected chi connectivity index (χ4v) is 1.36. The summed E-state index contributed by atoms with van der Waals surface area (Å²) in [6.07, 6.45) is -5.04. The van der Waals surface area contributed by atoms with E-state index in [1.165, 1.54) is 18.2 Å². The summed E-state index contributed by atoms with van der Waals surface area (Å²) < 4.78 is 41.4. The summed E-state index contributed by atoms with van der Waals surface area (Å²) in [5, 5.41) is 1.83. The van der Waals surface area contributed by atoms with E-state index in [4.69, 9.17) is 16.3 Å². The molecule has 0 heterocycles. The fourth-order valence-electron chi connectivity index (χ4n) is 1.13. The van der Waals surface area contributed by atoms with Crippen LogP contribution in [0.2, 0.25) is 5.02 Å². The highest BCUT2D eigenvalue weighted by Crippen LogP contribution is 2.29. The molecule has 0 saturated carbocycles. The highest BCUT2D eigenvalue weighted by Gasteiger charge is 2.38. The van der Waals surface area contributed by atoms with Gasteiger partial charge in [0.1, 0.15) is 5.75 Å². The van der Waals surface area contributed by atoms with Crippen molar-refractivity contribution in [3.05, 3.63) is 23.2 Å². The van der Waals surface area contributed by atoms with Crippen molar-refractivity contribution >= 4 is 23.2 Å². The summed E-state index contributed by atoms with van der Waals surface area (Å²) >= 11 is 5.81. The van der Waals surface area contributed by atoms with Gasteiger partial charge in [-0.3, -0.25) is 4.79 Å². The summed E-state index contributed by atoms with van der Waals surface area (Å²) in [7, 11) is 0. The first-order valence-electron chi connectivity index (χ1n) is 5.04. The van der Waals surface area contributed by atoms with E-state index in [2.05, 4.69) is 0 Å². The van der Waals surface area contributed by atoms with Crippen molar-refractivity contribution < 1.29 is 22.7 Å². The summed E-state index contributed by atoms with van der Waals surface area (Å²) in [5.74, 6) is -1.70. The van der Waals surface area contributed by atoms with E-state index in [9.17, 15) is 18.0 Å². The molecule has 0 aliphatic rings. The van der Waals surface area contributed by atoms with E-state index in [-0.39, 0.29) is 16.8 Å². The SMILES string of the molecule is CC(C)Oc1ccc(NC(=O)C(F)(F)F)cc1Cl. The third-order valence-electron chi connectivity index (χ3n) is 1.81. The molecule has 100 valence electrons. The average molecular weight is 282 g/mol. The molecule has 7 heteroatoms. The van der Waals surface area contributed by atoms with E-state index in [0.29, 0.717) is 5.75 Å². The van der Waals surface area contributed by atoms with Gasteiger partial charge in [-0.25, -0.2) is 0 Å². The van der Waals surface area contributed by atoms with Crippen molar-refractivity contribution in [2.24, 2.45) is 0 Å². The normalized spacial score (nSPS) is 11.5. The van der Waals surface area contributed by atoms with Crippen LogP contribution in [0.1, 0.15) is 13.8 Å². The van der Waals surface area contributed by atoms with Gasteiger partial charge in [-0.1, -0.05) is 11.6 Å². The van der Waals surface area contributed by atoms with Crippen LogP contribution < -0.4 is 10.1 Å². The minimum absolute atomic E-state index is 0.0431. The molecule has 3 nitrogen and oxygen atoms in total. The van der Waals surface area contributed by atoms with Crippen LogP contribution in [0.4, 0.5) is 18.9 Å². The number of nitrogens with one attached hydrogen (secondary N) is 1. The Balaban J connectivity index is 2.82. The van der Waals surface area contributed by atoms with E-state index in [0.717, 1.165) is 0 Å². The molecule has 0 saturated heterocycles. The monoisotopic (exact) mass is 281 g/mol. The standard InChI is InChI=1S/C11H11ClF3NO2/c1-6(2)18-9-4-3-7(5-8(9)12)16-10(17)11(13,14)15/h3-6H,1-2H3,(H,16,17). The first-order chi connectivity index (χ1) is 8.20.